The molecule has 0 saturated heterocycles. The lowest BCUT2D eigenvalue weighted by atomic mass is 9.64. The fraction of sp³-hybridized carbons (Fsp3) is 0.875. The van der Waals surface area contributed by atoms with Crippen LogP contribution in [0.4, 0.5) is 0 Å². The topological polar surface area (TPSA) is 35.5 Å². The molecule has 1 rings (SSSR count). The van der Waals surface area contributed by atoms with E-state index in [9.17, 15) is 4.79 Å². The van der Waals surface area contributed by atoms with Gasteiger partial charge < -0.3 is 9.47 Å². The average molecular weight is 158 g/mol. The molecule has 1 aliphatic carbocycles. The summed E-state index contributed by atoms with van der Waals surface area (Å²) in [6, 6.07) is 0. The summed E-state index contributed by atoms with van der Waals surface area (Å²) in [5.74, 6) is -0.481. The first-order chi connectivity index (χ1) is 5.00. The number of Topliss-reactive ketones (excluding diaryl/α,β-unsaturated/α-hetero) is 1. The van der Waals surface area contributed by atoms with Gasteiger partial charge in [0.25, 0.3) is 0 Å². The molecular formula is C8H14O3. The van der Waals surface area contributed by atoms with E-state index in [1.807, 2.05) is 13.8 Å². The number of hydrogen-bond donors (Lipinski definition) is 0. The molecule has 1 fully saturated rings. The zero-order chi connectivity index (χ0) is 8.70. The molecule has 0 unspecified atom stereocenters. The second kappa shape index (κ2) is 2.29. The fourth-order valence-electron chi connectivity index (χ4n) is 1.50. The third kappa shape index (κ3) is 0.844. The van der Waals surface area contributed by atoms with Crippen molar-refractivity contribution in [1.29, 1.82) is 0 Å². The number of ketones is 1. The van der Waals surface area contributed by atoms with E-state index in [0.29, 0.717) is 6.42 Å². The summed E-state index contributed by atoms with van der Waals surface area (Å²) in [6.45, 7) is 3.68. The molecule has 1 saturated carbocycles. The van der Waals surface area contributed by atoms with Gasteiger partial charge in [0.15, 0.2) is 5.79 Å². The molecule has 3 nitrogen and oxygen atoms in total. The Balaban J connectivity index is 2.83. The summed E-state index contributed by atoms with van der Waals surface area (Å²) < 4.78 is 10.3. The lowest BCUT2D eigenvalue weighted by molar-refractivity contribution is -0.292. The van der Waals surface area contributed by atoms with Crippen LogP contribution in [0.15, 0.2) is 0 Å². The van der Waals surface area contributed by atoms with Gasteiger partial charge in [-0.3, -0.25) is 4.79 Å². The summed E-state index contributed by atoms with van der Waals surface area (Å²) in [5, 5.41) is 0. The van der Waals surface area contributed by atoms with Crippen molar-refractivity contribution in [2.45, 2.75) is 26.1 Å². The second-order valence-corrected chi connectivity index (χ2v) is 3.39. The van der Waals surface area contributed by atoms with E-state index >= 15 is 0 Å². The number of carbonyl (C=O) groups excluding carboxylic acids is 1. The standard InChI is InChI=1S/C8H14O3/c1-7(2)6(9)5-8(7,10-3)11-4/h5H2,1-4H3. The molecule has 0 N–H and O–H groups in total. The van der Waals surface area contributed by atoms with Crippen LogP contribution in [0, 0.1) is 5.41 Å². The average Bonchev–Trinajstić information content (AvgIpc) is 1.99. The zero-order valence-electron chi connectivity index (χ0n) is 7.43. The number of hydrogen-bond acceptors (Lipinski definition) is 3. The first-order valence-electron chi connectivity index (χ1n) is 3.64. The monoisotopic (exact) mass is 158 g/mol. The first kappa shape index (κ1) is 8.68. The molecule has 11 heavy (non-hydrogen) atoms. The van der Waals surface area contributed by atoms with Crippen molar-refractivity contribution in [2.75, 3.05) is 14.2 Å². The van der Waals surface area contributed by atoms with Crippen molar-refractivity contribution < 1.29 is 14.3 Å². The molecule has 0 aliphatic heterocycles. The first-order valence-corrected chi connectivity index (χ1v) is 3.64. The highest BCUT2D eigenvalue weighted by Crippen LogP contribution is 2.48. The van der Waals surface area contributed by atoms with Crippen LogP contribution in [0.3, 0.4) is 0 Å². The third-order valence-electron chi connectivity index (χ3n) is 2.70. The molecule has 3 heteroatoms. The Bertz CT molecular complexity index is 180. The summed E-state index contributed by atoms with van der Waals surface area (Å²) in [5.41, 5.74) is -0.490. The predicted octanol–water partition coefficient (Wildman–Crippen LogP) is 0.974. The quantitative estimate of drug-likeness (QED) is 0.562. The Labute approximate surface area is 66.7 Å². The van der Waals surface area contributed by atoms with Gasteiger partial charge in [0, 0.05) is 14.2 Å². The Morgan fingerprint density at radius 3 is 1.82 bits per heavy atom. The molecule has 64 valence electrons. The Hall–Kier alpha value is -0.410. The van der Waals surface area contributed by atoms with Gasteiger partial charge in [-0.2, -0.15) is 0 Å². The minimum absolute atomic E-state index is 0.196. The minimum atomic E-state index is -0.677. The summed E-state index contributed by atoms with van der Waals surface area (Å²) >= 11 is 0. The van der Waals surface area contributed by atoms with Crippen molar-refractivity contribution in [3.63, 3.8) is 0 Å². The van der Waals surface area contributed by atoms with Gasteiger partial charge >= 0.3 is 0 Å². The van der Waals surface area contributed by atoms with E-state index in [2.05, 4.69) is 0 Å². The lowest BCUT2D eigenvalue weighted by Gasteiger charge is -2.51. The van der Waals surface area contributed by atoms with E-state index < -0.39 is 11.2 Å². The highest BCUT2D eigenvalue weighted by atomic mass is 16.7. The highest BCUT2D eigenvalue weighted by Gasteiger charge is 2.61. The lowest BCUT2D eigenvalue weighted by Crippen LogP contribution is -2.63. The second-order valence-electron chi connectivity index (χ2n) is 3.39. The van der Waals surface area contributed by atoms with Gasteiger partial charge in [-0.1, -0.05) is 0 Å². The maximum atomic E-state index is 11.1. The van der Waals surface area contributed by atoms with Gasteiger partial charge in [0.05, 0.1) is 11.8 Å². The van der Waals surface area contributed by atoms with Crippen LogP contribution in [0.5, 0.6) is 0 Å². The number of methoxy groups -OCH3 is 2. The van der Waals surface area contributed by atoms with Crippen LogP contribution >= 0.6 is 0 Å². The molecule has 0 atom stereocenters. The predicted molar refractivity (Wildman–Crippen MR) is 40.2 cm³/mol. The Morgan fingerprint density at radius 2 is 1.73 bits per heavy atom. The van der Waals surface area contributed by atoms with Crippen molar-refractivity contribution in [2.24, 2.45) is 5.41 Å². The van der Waals surface area contributed by atoms with Gasteiger partial charge in [0.1, 0.15) is 5.78 Å². The minimum Gasteiger partial charge on any atom is -0.352 e. The van der Waals surface area contributed by atoms with E-state index in [0.717, 1.165) is 0 Å². The van der Waals surface area contributed by atoms with E-state index in [1.165, 1.54) is 0 Å². The van der Waals surface area contributed by atoms with Crippen molar-refractivity contribution in [1.82, 2.24) is 0 Å². The van der Waals surface area contributed by atoms with E-state index in [-0.39, 0.29) is 5.78 Å². The van der Waals surface area contributed by atoms with Crippen molar-refractivity contribution in [3.8, 4) is 0 Å². The van der Waals surface area contributed by atoms with Gasteiger partial charge in [-0.05, 0) is 13.8 Å². The number of rotatable bonds is 2. The van der Waals surface area contributed by atoms with Crippen molar-refractivity contribution >= 4 is 5.78 Å². The third-order valence-corrected chi connectivity index (χ3v) is 2.70. The molecule has 0 radical (unpaired) electrons. The molecule has 0 aromatic rings. The Morgan fingerprint density at radius 1 is 1.27 bits per heavy atom. The summed E-state index contributed by atoms with van der Waals surface area (Å²) in [6.07, 6.45) is 0.368. The van der Waals surface area contributed by atoms with Gasteiger partial charge in [0.2, 0.25) is 0 Å². The summed E-state index contributed by atoms with van der Waals surface area (Å²) in [4.78, 5) is 11.1. The number of ether oxygens (including phenoxy) is 2. The zero-order valence-corrected chi connectivity index (χ0v) is 7.43. The van der Waals surface area contributed by atoms with Gasteiger partial charge in [-0.15, -0.1) is 0 Å². The largest absolute Gasteiger partial charge is 0.352 e. The van der Waals surface area contributed by atoms with Crippen LogP contribution in [0.1, 0.15) is 20.3 Å². The highest BCUT2D eigenvalue weighted by molar-refractivity contribution is 5.92. The smallest absolute Gasteiger partial charge is 0.186 e. The maximum absolute atomic E-state index is 11.1. The molecule has 0 amide bonds. The fourth-order valence-corrected chi connectivity index (χ4v) is 1.50. The number of carbonyl (C=O) groups is 1. The molecule has 0 heterocycles. The van der Waals surface area contributed by atoms with Crippen LogP contribution in [0.25, 0.3) is 0 Å². The molecule has 0 aromatic carbocycles. The SMILES string of the molecule is COC1(OC)CC(=O)C1(C)C. The van der Waals surface area contributed by atoms with Crippen LogP contribution in [0.2, 0.25) is 0 Å². The van der Waals surface area contributed by atoms with Crippen LogP contribution in [-0.4, -0.2) is 25.8 Å². The van der Waals surface area contributed by atoms with E-state index in [4.69, 9.17) is 9.47 Å². The van der Waals surface area contributed by atoms with E-state index in [1.54, 1.807) is 14.2 Å². The molecule has 0 aromatic heterocycles. The normalized spacial score (nSPS) is 26.4. The van der Waals surface area contributed by atoms with Crippen molar-refractivity contribution in [3.05, 3.63) is 0 Å². The summed E-state index contributed by atoms with van der Waals surface area (Å²) in [7, 11) is 3.13. The maximum Gasteiger partial charge on any atom is 0.186 e. The molecule has 1 aliphatic rings. The molecule has 0 spiro atoms. The Kier molecular flexibility index (Phi) is 1.81. The van der Waals surface area contributed by atoms with Gasteiger partial charge in [-0.25, -0.2) is 0 Å². The van der Waals surface area contributed by atoms with Crippen LogP contribution in [-0.2, 0) is 14.3 Å². The molecular weight excluding hydrogens is 144 g/mol. The van der Waals surface area contributed by atoms with Crippen LogP contribution < -0.4 is 0 Å². The molecule has 0 bridgehead atoms.